The van der Waals surface area contributed by atoms with Crippen LogP contribution in [0.25, 0.3) is 0 Å². The summed E-state index contributed by atoms with van der Waals surface area (Å²) < 4.78 is 28.3. The predicted octanol–water partition coefficient (Wildman–Crippen LogP) is 3.21. The van der Waals surface area contributed by atoms with Crippen molar-refractivity contribution in [2.24, 2.45) is 5.92 Å². The minimum Gasteiger partial charge on any atom is -0.447 e. The number of hydrogen-bond acceptors (Lipinski definition) is 16. The molecule has 2 fully saturated rings. The molecule has 2 aliphatic heterocycles. The first-order valence-electron chi connectivity index (χ1n) is 14.1. The highest BCUT2D eigenvalue weighted by molar-refractivity contribution is 14.2. The van der Waals surface area contributed by atoms with Crippen LogP contribution in [0.2, 0.25) is 0 Å². The lowest BCUT2D eigenvalue weighted by molar-refractivity contribution is -0.593. The van der Waals surface area contributed by atoms with Crippen LogP contribution in [-0.2, 0) is 42.6 Å². The number of rotatable bonds is 12. The van der Waals surface area contributed by atoms with Gasteiger partial charge in [0.25, 0.3) is 0 Å². The van der Waals surface area contributed by atoms with Crippen molar-refractivity contribution in [3.05, 3.63) is 61.4 Å². The Labute approximate surface area is 294 Å². The molecule has 2 aromatic rings. The highest BCUT2D eigenvalue weighted by atomic mass is 127. The van der Waals surface area contributed by atoms with Crippen LogP contribution in [-0.4, -0.2) is 99.5 Å². The van der Waals surface area contributed by atoms with Crippen molar-refractivity contribution < 1.29 is 47.2 Å². The van der Waals surface area contributed by atoms with Crippen LogP contribution in [0.4, 0.5) is 16.6 Å². The van der Waals surface area contributed by atoms with Crippen molar-refractivity contribution in [3.8, 4) is 0 Å². The molecule has 21 heteroatoms. The number of nitrogens with zero attached hydrogens (tertiary/aromatic N) is 7. The molecule has 0 aliphatic carbocycles. The van der Waals surface area contributed by atoms with E-state index in [0.29, 0.717) is 38.0 Å². The van der Waals surface area contributed by atoms with Crippen molar-refractivity contribution in [1.82, 2.24) is 29.7 Å². The Morgan fingerprint density at radius 3 is 2.29 bits per heavy atom. The van der Waals surface area contributed by atoms with E-state index in [1.807, 2.05) is 6.92 Å². The second-order valence-electron chi connectivity index (χ2n) is 10.2. The van der Waals surface area contributed by atoms with Gasteiger partial charge in [0.2, 0.25) is 17.1 Å². The van der Waals surface area contributed by atoms with E-state index in [1.165, 1.54) is 6.08 Å². The Bertz CT molecular complexity index is 1500. The minimum atomic E-state index is -3.72. The number of cyclic esters (lactones) is 1. The van der Waals surface area contributed by atoms with Crippen molar-refractivity contribution in [2.75, 3.05) is 43.0 Å². The van der Waals surface area contributed by atoms with Crippen molar-refractivity contribution in [2.45, 2.75) is 39.4 Å². The average molecular weight is 827 g/mol. The zero-order valence-corrected chi connectivity index (χ0v) is 30.0. The van der Waals surface area contributed by atoms with Crippen molar-refractivity contribution in [1.29, 1.82) is 0 Å². The van der Waals surface area contributed by atoms with Gasteiger partial charge in [-0.3, -0.25) is 19.4 Å². The predicted molar refractivity (Wildman–Crippen MR) is 180 cm³/mol. The summed E-state index contributed by atoms with van der Waals surface area (Å²) in [7, 11) is -3.72. The van der Waals surface area contributed by atoms with Crippen LogP contribution < -0.4 is 10.2 Å². The monoisotopic (exact) mass is 826 g/mol. The highest BCUT2D eigenvalue weighted by Crippen LogP contribution is 2.26. The smallest absolute Gasteiger partial charge is 0.415 e. The normalized spacial score (nSPS) is 16.9. The summed E-state index contributed by atoms with van der Waals surface area (Å²) in [6.07, 6.45) is 7.24. The van der Waals surface area contributed by atoms with Gasteiger partial charge in [0, 0.05) is 50.3 Å². The summed E-state index contributed by atoms with van der Waals surface area (Å²) >= 11 is 5.64. The van der Waals surface area contributed by atoms with Crippen LogP contribution >= 0.6 is 32.8 Å². The Hall–Kier alpha value is -3.38. The second kappa shape index (κ2) is 20.2. The fourth-order valence-corrected chi connectivity index (χ4v) is 4.46. The summed E-state index contributed by atoms with van der Waals surface area (Å²) in [5.74, 6) is 1.86. The average Bonchev–Trinajstić information content (AvgIpc) is 3.46. The molecule has 0 aromatic carbocycles. The Balaban J connectivity index is 0.000000521. The Kier molecular flexibility index (Phi) is 17.2. The third kappa shape index (κ3) is 14.0. The van der Waals surface area contributed by atoms with Crippen LogP contribution in [0.1, 0.15) is 38.2 Å². The lowest BCUT2D eigenvalue weighted by Gasteiger charge is -2.33. The largest absolute Gasteiger partial charge is 0.447 e. The first-order chi connectivity index (χ1) is 22.7. The van der Waals surface area contributed by atoms with E-state index < -0.39 is 12.5 Å². The maximum absolute atomic E-state index is 12.3. The van der Waals surface area contributed by atoms with Gasteiger partial charge in [0.1, 0.15) is 39.5 Å². The molecule has 2 atom stereocenters. The summed E-state index contributed by atoms with van der Waals surface area (Å²) in [6.45, 7) is 16.6. The molecule has 264 valence electrons. The Morgan fingerprint density at radius 1 is 1.17 bits per heavy atom. The molecule has 2 amide bonds. The number of halogens is 2. The number of aromatic nitrogens is 4. The molecule has 4 rings (SSSR count). The van der Waals surface area contributed by atoms with Crippen LogP contribution in [0.5, 0.6) is 0 Å². The number of ether oxygens (including phenoxy) is 1. The summed E-state index contributed by atoms with van der Waals surface area (Å²) in [5, 5.41) is 16.0. The minimum absolute atomic E-state index is 0.0265. The van der Waals surface area contributed by atoms with Gasteiger partial charge >= 0.3 is 13.4 Å². The van der Waals surface area contributed by atoms with Crippen LogP contribution in [0.3, 0.4) is 0 Å². The topological polar surface area (TPSA) is 216 Å². The molecule has 0 spiro atoms. The fraction of sp³-hybridized carbons (Fsp3) is 0.444. The van der Waals surface area contributed by atoms with Gasteiger partial charge in [0.15, 0.2) is 0 Å². The van der Waals surface area contributed by atoms with E-state index in [-0.39, 0.29) is 30.0 Å². The standard InChI is InChI=1S/C24H32N8O3.C3H3ClO.HIO6S/c1-5-22(33)31-10-8-30(9-11-31)14-20-26-12-18(13-27-20)17(4)28-23-25-7-6-21(29-23)32-19(16(2)3)15-35-24(32)34;1-2-3(4)5;1-8(3,4)7-6-5-2/h5-7,12-13,16-17,19H,1,8-11,14-15H2,2-4H3,(H,25,28,29);2H,1H2;2H/t17?,19-;;/m1../s1. The third-order valence-corrected chi connectivity index (χ3v) is 7.47. The van der Waals surface area contributed by atoms with E-state index in [1.54, 1.807) is 34.5 Å². The molecule has 0 saturated carbocycles. The lowest BCUT2D eigenvalue weighted by Crippen LogP contribution is -2.47. The molecular formula is C27H36ClIN8O10S. The molecule has 2 aromatic heterocycles. The van der Waals surface area contributed by atoms with Gasteiger partial charge in [-0.15, -0.1) is 0 Å². The number of piperazine rings is 1. The molecule has 2 saturated heterocycles. The van der Waals surface area contributed by atoms with E-state index >= 15 is 0 Å². The quantitative estimate of drug-likeness (QED) is 0.103. The number of amides is 2. The van der Waals surface area contributed by atoms with E-state index in [9.17, 15) is 22.8 Å². The lowest BCUT2D eigenvalue weighted by atomic mass is 10.0. The Morgan fingerprint density at radius 2 is 1.79 bits per heavy atom. The molecule has 4 heterocycles. The summed E-state index contributed by atoms with van der Waals surface area (Å²) in [5.41, 5.74) is 0.893. The van der Waals surface area contributed by atoms with Gasteiger partial charge in [-0.2, -0.15) is 13.4 Å². The number of hydrogen-bond donors (Lipinski definition) is 2. The van der Waals surface area contributed by atoms with Gasteiger partial charge in [0.05, 0.1) is 18.6 Å². The molecular weight excluding hydrogens is 791 g/mol. The molecule has 18 nitrogen and oxygen atoms in total. The number of anilines is 2. The highest BCUT2D eigenvalue weighted by Gasteiger charge is 2.37. The molecule has 2 N–H and O–H groups in total. The van der Waals surface area contributed by atoms with Gasteiger partial charge in [-0.1, -0.05) is 31.3 Å². The maximum atomic E-state index is 12.3. The molecule has 0 radical (unpaired) electrons. The van der Waals surface area contributed by atoms with Crippen molar-refractivity contribution in [3.63, 3.8) is 0 Å². The van der Waals surface area contributed by atoms with Crippen LogP contribution in [0, 0.1) is 5.92 Å². The van der Waals surface area contributed by atoms with Crippen LogP contribution in [0.15, 0.2) is 50.0 Å². The summed E-state index contributed by atoms with van der Waals surface area (Å²) in [4.78, 5) is 57.0. The van der Waals surface area contributed by atoms with Gasteiger partial charge in [-0.05, 0) is 52.7 Å². The zero-order valence-electron chi connectivity index (χ0n) is 26.3. The molecule has 2 aliphatic rings. The molecule has 0 bridgehead atoms. The number of carbonyl (C=O) groups excluding carboxylic acids is 3. The SMILES string of the molecule is C=CC(=O)Cl.C=CC(=O)N1CCN(Cc2ncc(C(C)Nc3nccc(N4C(=O)OC[C@@H]4C(C)C)n3)cn2)CC1.O=S(=O)(I)OOOO. The first-order valence-corrected chi connectivity index (χ1v) is 18.4. The molecule has 1 unspecified atom stereocenters. The fourth-order valence-electron chi connectivity index (χ4n) is 4.19. The maximum Gasteiger partial charge on any atom is 0.415 e. The third-order valence-electron chi connectivity index (χ3n) is 6.66. The second-order valence-corrected chi connectivity index (χ2v) is 14.7. The van der Waals surface area contributed by atoms with Gasteiger partial charge < -0.3 is 15.0 Å². The first kappa shape index (κ1) is 40.8. The number of allylic oxidation sites excluding steroid dienone is 1. The van der Waals surface area contributed by atoms with Crippen molar-refractivity contribution >= 4 is 69.1 Å². The molecule has 48 heavy (non-hydrogen) atoms. The van der Waals surface area contributed by atoms with E-state index in [0.717, 1.165) is 51.8 Å². The van der Waals surface area contributed by atoms with E-state index in [2.05, 4.69) is 71.6 Å². The summed E-state index contributed by atoms with van der Waals surface area (Å²) in [6, 6.07) is 1.51. The number of nitrogens with one attached hydrogen (secondary N) is 1. The van der Waals surface area contributed by atoms with E-state index in [4.69, 9.17) is 21.6 Å². The van der Waals surface area contributed by atoms with Gasteiger partial charge in [-0.25, -0.2) is 25.0 Å². The number of carbonyl (C=O) groups is 3. The zero-order chi connectivity index (χ0) is 35.9.